The van der Waals surface area contributed by atoms with Crippen molar-refractivity contribution in [2.75, 3.05) is 5.32 Å². The molecule has 2 aromatic carbocycles. The second-order valence-corrected chi connectivity index (χ2v) is 9.43. The van der Waals surface area contributed by atoms with Crippen LogP contribution in [0.5, 0.6) is 0 Å². The highest BCUT2D eigenvalue weighted by Crippen LogP contribution is 2.13. The number of benzene rings is 2. The zero-order valence-corrected chi connectivity index (χ0v) is 21.2. The van der Waals surface area contributed by atoms with Gasteiger partial charge in [-0.25, -0.2) is 0 Å². The number of para-hydroxylation sites is 1. The van der Waals surface area contributed by atoms with E-state index in [0.717, 1.165) is 18.4 Å². The second kappa shape index (κ2) is 14.3. The van der Waals surface area contributed by atoms with E-state index >= 15 is 0 Å². The third-order valence-electron chi connectivity index (χ3n) is 5.80. The van der Waals surface area contributed by atoms with E-state index in [1.807, 2.05) is 32.0 Å². The van der Waals surface area contributed by atoms with E-state index in [1.165, 1.54) is 12.5 Å². The highest BCUT2D eigenvalue weighted by molar-refractivity contribution is 5.97. The Hall–Kier alpha value is -3.19. The fourth-order valence-electron chi connectivity index (χ4n) is 3.86. The van der Waals surface area contributed by atoms with Gasteiger partial charge in [0.05, 0.1) is 6.04 Å². The van der Waals surface area contributed by atoms with Gasteiger partial charge in [-0.3, -0.25) is 19.7 Å². The summed E-state index contributed by atoms with van der Waals surface area (Å²) in [5, 5.41) is 18.0. The number of hydrogen-bond donors (Lipinski definition) is 4. The summed E-state index contributed by atoms with van der Waals surface area (Å²) >= 11 is 0. The summed E-state index contributed by atoms with van der Waals surface area (Å²) in [6, 6.07) is 15.0. The molecule has 0 aromatic heterocycles. The summed E-state index contributed by atoms with van der Waals surface area (Å²) in [6.45, 7) is 7.62. The SMILES string of the molecule is CCCc1ccc(CC[C@H](N[C@H](C)C(=O)O)C(=O)N[C@@H](CC(C)C)C(=O)Nc2ccccc2)cc1. The van der Waals surface area contributed by atoms with Gasteiger partial charge in [0.15, 0.2) is 0 Å². The summed E-state index contributed by atoms with van der Waals surface area (Å²) in [7, 11) is 0. The number of anilines is 1. The Morgan fingerprint density at radius 3 is 1.97 bits per heavy atom. The third-order valence-corrected chi connectivity index (χ3v) is 5.80. The molecule has 0 unspecified atom stereocenters. The molecule has 3 atom stereocenters. The van der Waals surface area contributed by atoms with E-state index in [9.17, 15) is 19.5 Å². The monoisotopic (exact) mass is 481 g/mol. The zero-order chi connectivity index (χ0) is 25.8. The molecule has 2 rings (SSSR count). The van der Waals surface area contributed by atoms with E-state index < -0.39 is 24.1 Å². The average molecular weight is 482 g/mol. The predicted molar refractivity (Wildman–Crippen MR) is 139 cm³/mol. The molecule has 35 heavy (non-hydrogen) atoms. The molecule has 0 saturated carbocycles. The van der Waals surface area contributed by atoms with E-state index in [1.54, 1.807) is 12.1 Å². The second-order valence-electron chi connectivity index (χ2n) is 9.43. The van der Waals surface area contributed by atoms with Crippen molar-refractivity contribution in [3.05, 3.63) is 65.7 Å². The number of hydrogen-bond acceptors (Lipinski definition) is 4. The number of amides is 2. The maximum Gasteiger partial charge on any atom is 0.320 e. The van der Waals surface area contributed by atoms with Crippen molar-refractivity contribution in [3.8, 4) is 0 Å². The summed E-state index contributed by atoms with van der Waals surface area (Å²) in [6.07, 6.45) is 3.57. The molecule has 0 bridgehead atoms. The van der Waals surface area contributed by atoms with Crippen LogP contribution in [-0.4, -0.2) is 41.0 Å². The maximum atomic E-state index is 13.3. The van der Waals surface area contributed by atoms with Gasteiger partial charge >= 0.3 is 5.97 Å². The van der Waals surface area contributed by atoms with Crippen LogP contribution < -0.4 is 16.0 Å². The highest BCUT2D eigenvalue weighted by atomic mass is 16.4. The Morgan fingerprint density at radius 1 is 0.829 bits per heavy atom. The number of carbonyl (C=O) groups is 3. The van der Waals surface area contributed by atoms with Crippen molar-refractivity contribution in [3.63, 3.8) is 0 Å². The first-order chi connectivity index (χ1) is 16.7. The molecule has 0 fully saturated rings. The molecule has 0 aliphatic rings. The number of carbonyl (C=O) groups excluding carboxylic acids is 2. The Balaban J connectivity index is 2.12. The van der Waals surface area contributed by atoms with Gasteiger partial charge in [0.1, 0.15) is 12.1 Å². The number of nitrogens with one attached hydrogen (secondary N) is 3. The first-order valence-electron chi connectivity index (χ1n) is 12.4. The normalized spacial score (nSPS) is 13.6. The summed E-state index contributed by atoms with van der Waals surface area (Å²) < 4.78 is 0. The highest BCUT2D eigenvalue weighted by Gasteiger charge is 2.28. The Kier molecular flexibility index (Phi) is 11.4. The van der Waals surface area contributed by atoms with Crippen LogP contribution in [0.2, 0.25) is 0 Å². The van der Waals surface area contributed by atoms with Gasteiger partial charge in [-0.05, 0) is 61.8 Å². The van der Waals surface area contributed by atoms with Crippen molar-refractivity contribution < 1.29 is 19.5 Å². The maximum absolute atomic E-state index is 13.3. The molecule has 2 amide bonds. The molecular formula is C28H39N3O4. The van der Waals surface area contributed by atoms with Crippen molar-refractivity contribution in [2.45, 2.75) is 77.9 Å². The Morgan fingerprint density at radius 2 is 1.43 bits per heavy atom. The molecule has 0 aliphatic heterocycles. The third kappa shape index (κ3) is 9.91. The molecule has 190 valence electrons. The minimum Gasteiger partial charge on any atom is -0.480 e. The van der Waals surface area contributed by atoms with Gasteiger partial charge in [0, 0.05) is 5.69 Å². The molecule has 7 nitrogen and oxygen atoms in total. The van der Waals surface area contributed by atoms with Gasteiger partial charge in [-0.1, -0.05) is 69.7 Å². The van der Waals surface area contributed by atoms with Crippen LogP contribution in [0.25, 0.3) is 0 Å². The molecule has 4 N–H and O–H groups in total. The molecule has 0 spiro atoms. The molecule has 0 saturated heterocycles. The lowest BCUT2D eigenvalue weighted by Crippen LogP contribution is -2.54. The molecule has 0 aliphatic carbocycles. The molecule has 0 heterocycles. The lowest BCUT2D eigenvalue weighted by molar-refractivity contribution is -0.139. The molecular weight excluding hydrogens is 442 g/mol. The zero-order valence-electron chi connectivity index (χ0n) is 21.2. The largest absolute Gasteiger partial charge is 0.480 e. The fourth-order valence-corrected chi connectivity index (χ4v) is 3.86. The van der Waals surface area contributed by atoms with Crippen LogP contribution in [0.4, 0.5) is 5.69 Å². The average Bonchev–Trinajstić information content (AvgIpc) is 2.82. The number of carboxylic acids is 1. The van der Waals surface area contributed by atoms with Crippen molar-refractivity contribution in [1.29, 1.82) is 0 Å². The van der Waals surface area contributed by atoms with Crippen LogP contribution in [0.15, 0.2) is 54.6 Å². The summed E-state index contributed by atoms with van der Waals surface area (Å²) in [4.78, 5) is 37.7. The van der Waals surface area contributed by atoms with E-state index in [0.29, 0.717) is 24.9 Å². The van der Waals surface area contributed by atoms with Gasteiger partial charge in [-0.2, -0.15) is 0 Å². The van der Waals surface area contributed by atoms with Crippen LogP contribution in [0.1, 0.15) is 58.1 Å². The minimum atomic E-state index is -1.03. The van der Waals surface area contributed by atoms with Gasteiger partial charge < -0.3 is 15.7 Å². The van der Waals surface area contributed by atoms with Crippen molar-refractivity contribution in [2.24, 2.45) is 5.92 Å². The number of carboxylic acid groups (broad SMARTS) is 1. The van der Waals surface area contributed by atoms with Crippen LogP contribution >= 0.6 is 0 Å². The van der Waals surface area contributed by atoms with Crippen molar-refractivity contribution in [1.82, 2.24) is 10.6 Å². The topological polar surface area (TPSA) is 108 Å². The molecule has 7 heteroatoms. The number of rotatable bonds is 14. The quantitative estimate of drug-likeness (QED) is 0.324. The smallest absolute Gasteiger partial charge is 0.320 e. The lowest BCUT2D eigenvalue weighted by Gasteiger charge is -2.25. The van der Waals surface area contributed by atoms with Gasteiger partial charge in [-0.15, -0.1) is 0 Å². The van der Waals surface area contributed by atoms with E-state index in [2.05, 4.69) is 47.1 Å². The van der Waals surface area contributed by atoms with E-state index in [-0.39, 0.29) is 17.7 Å². The van der Waals surface area contributed by atoms with Crippen LogP contribution in [-0.2, 0) is 27.2 Å². The first-order valence-corrected chi connectivity index (χ1v) is 12.4. The number of aryl methyl sites for hydroxylation is 2. The van der Waals surface area contributed by atoms with Crippen LogP contribution in [0.3, 0.4) is 0 Å². The van der Waals surface area contributed by atoms with Crippen molar-refractivity contribution >= 4 is 23.5 Å². The predicted octanol–water partition coefficient (Wildman–Crippen LogP) is 4.17. The number of aliphatic carboxylic acids is 1. The summed E-state index contributed by atoms with van der Waals surface area (Å²) in [5.74, 6) is -1.54. The van der Waals surface area contributed by atoms with E-state index in [4.69, 9.17) is 0 Å². The first kappa shape index (κ1) is 28.1. The van der Waals surface area contributed by atoms with Gasteiger partial charge in [0.25, 0.3) is 0 Å². The van der Waals surface area contributed by atoms with Gasteiger partial charge in [0.2, 0.25) is 11.8 Å². The lowest BCUT2D eigenvalue weighted by atomic mass is 9.99. The fraction of sp³-hybridized carbons (Fsp3) is 0.464. The Labute approximate surface area is 208 Å². The standard InChI is InChI=1S/C28H39N3O4/c1-5-9-21-12-14-22(15-13-21)16-17-24(29-20(4)28(34)35)26(32)31-25(18-19(2)3)27(33)30-23-10-7-6-8-11-23/h6-8,10-15,19-20,24-25,29H,5,9,16-18H2,1-4H3,(H,30,33)(H,31,32)(H,34,35)/t20-,24+,25+/m1/s1. The minimum absolute atomic E-state index is 0.174. The molecule has 2 aromatic rings. The molecule has 0 radical (unpaired) electrons. The van der Waals surface area contributed by atoms with Crippen LogP contribution in [0, 0.1) is 5.92 Å². The summed E-state index contributed by atoms with van der Waals surface area (Å²) in [5.41, 5.74) is 3.00. The Bertz CT molecular complexity index is 944.